The van der Waals surface area contributed by atoms with Crippen molar-refractivity contribution in [2.45, 2.75) is 92.5 Å². The molecule has 15 heteroatoms. The van der Waals surface area contributed by atoms with Crippen LogP contribution in [0.2, 0.25) is 0 Å². The Bertz CT molecular complexity index is 2400. The van der Waals surface area contributed by atoms with Crippen LogP contribution in [0.25, 0.3) is 27.5 Å². The lowest BCUT2D eigenvalue weighted by molar-refractivity contribution is -0.193. The van der Waals surface area contributed by atoms with Gasteiger partial charge in [-0.15, -0.1) is 0 Å². The van der Waals surface area contributed by atoms with Gasteiger partial charge >= 0.3 is 17.7 Å². The summed E-state index contributed by atoms with van der Waals surface area (Å²) >= 11 is 0. The number of fused-ring (bicyclic) bond motifs is 16. The number of allylic oxidation sites excluding steroid dienone is 2. The van der Waals surface area contributed by atoms with Gasteiger partial charge < -0.3 is 49.4 Å². The van der Waals surface area contributed by atoms with Gasteiger partial charge in [0.25, 0.3) is 5.91 Å². The largest absolute Gasteiger partial charge is 0.507 e. The van der Waals surface area contributed by atoms with Gasteiger partial charge in [0.2, 0.25) is 0 Å². The zero-order valence-electron chi connectivity index (χ0n) is 34.2. The second kappa shape index (κ2) is 16.0. The monoisotopic (exact) mass is 801 g/mol. The van der Waals surface area contributed by atoms with E-state index in [4.69, 9.17) is 28.7 Å². The molecule has 310 valence electrons. The molecular formula is C43H51N3O12. The van der Waals surface area contributed by atoms with Gasteiger partial charge in [0.05, 0.1) is 35.3 Å². The fourth-order valence-electron chi connectivity index (χ4n) is 7.81. The van der Waals surface area contributed by atoms with Crippen LogP contribution in [0.5, 0.6) is 23.0 Å². The molecule has 0 unspecified atom stereocenters. The molecule has 3 aliphatic heterocycles. The van der Waals surface area contributed by atoms with E-state index >= 15 is 0 Å². The van der Waals surface area contributed by atoms with Crippen LogP contribution in [0, 0.1) is 37.5 Å². The molecule has 6 bridgehead atoms. The molecule has 0 saturated carbocycles. The highest BCUT2D eigenvalue weighted by Crippen LogP contribution is 2.55. The molecule has 2 aromatic heterocycles. The molecule has 2 aromatic carbocycles. The minimum atomic E-state index is -2.09. The quantitative estimate of drug-likeness (QED) is 0.0913. The van der Waals surface area contributed by atoms with Gasteiger partial charge in [-0.1, -0.05) is 45.9 Å². The predicted octanol–water partition coefficient (Wildman–Crippen LogP) is 5.88. The van der Waals surface area contributed by atoms with E-state index in [1.165, 1.54) is 40.2 Å². The SMILES string of the molecule is CO[C@H]1/C=C/O[C@@]2(C)Oc3c(C)c(O)c4c(O)c(c5c(nc6cc(C)ccn65)c4c3OC2=O)NC(=O)/C(C)=C\C=C\[C@H](C)[C@H](O)[C@@H](C)[C@@H](O)[C@@H](C)[C@H](OC(C)=O)[C@@H]1C. The Morgan fingerprint density at radius 2 is 1.67 bits per heavy atom. The van der Waals surface area contributed by atoms with Crippen LogP contribution >= 0.6 is 0 Å². The third-order valence-electron chi connectivity index (χ3n) is 11.4. The average Bonchev–Trinajstić information content (AvgIpc) is 3.55. The van der Waals surface area contributed by atoms with Gasteiger partial charge in [-0.25, -0.2) is 9.78 Å². The number of phenolic OH excluding ortho intramolecular Hbond substituents is 2. The maximum atomic E-state index is 13.9. The summed E-state index contributed by atoms with van der Waals surface area (Å²) in [7, 11) is 1.44. The zero-order chi connectivity index (χ0) is 42.5. The number of nitrogens with zero attached hydrogens (tertiary/aromatic N) is 2. The molecule has 7 rings (SSSR count). The molecule has 4 aromatic rings. The number of aliphatic hydroxyl groups is 2. The van der Waals surface area contributed by atoms with E-state index in [1.807, 2.05) is 13.0 Å². The van der Waals surface area contributed by atoms with Crippen LogP contribution in [-0.4, -0.2) is 85.0 Å². The number of anilines is 1. The first kappa shape index (κ1) is 42.0. The van der Waals surface area contributed by atoms with Gasteiger partial charge in [0.15, 0.2) is 17.2 Å². The Hall–Kier alpha value is -5.64. The van der Waals surface area contributed by atoms with Crippen molar-refractivity contribution in [2.75, 3.05) is 12.4 Å². The van der Waals surface area contributed by atoms with Crippen molar-refractivity contribution >= 4 is 51.0 Å². The molecule has 0 spiro atoms. The predicted molar refractivity (Wildman–Crippen MR) is 214 cm³/mol. The van der Waals surface area contributed by atoms with Crippen LogP contribution in [0.1, 0.15) is 59.6 Å². The third-order valence-corrected chi connectivity index (χ3v) is 11.4. The number of hydrogen-bond acceptors (Lipinski definition) is 13. The van der Waals surface area contributed by atoms with Crippen LogP contribution in [0.15, 0.2) is 54.5 Å². The summed E-state index contributed by atoms with van der Waals surface area (Å²) in [6, 6.07) is 3.61. The number of aliphatic hydroxyl groups excluding tert-OH is 2. The van der Waals surface area contributed by atoms with E-state index in [0.717, 1.165) is 5.56 Å². The highest BCUT2D eigenvalue weighted by atomic mass is 16.7. The number of phenols is 2. The number of nitrogens with one attached hydrogen (secondary N) is 1. The van der Waals surface area contributed by atoms with Crippen molar-refractivity contribution in [1.82, 2.24) is 9.38 Å². The van der Waals surface area contributed by atoms with E-state index in [0.29, 0.717) is 5.65 Å². The molecule has 9 atom stereocenters. The molecule has 0 radical (unpaired) electrons. The molecule has 5 N–H and O–H groups in total. The van der Waals surface area contributed by atoms with Crippen molar-refractivity contribution in [3.63, 3.8) is 0 Å². The topological polar surface area (TPSA) is 208 Å². The number of rotatable bonds is 2. The smallest absolute Gasteiger partial charge is 0.398 e. The molecule has 58 heavy (non-hydrogen) atoms. The molecule has 0 saturated heterocycles. The number of imidazole rings is 1. The summed E-state index contributed by atoms with van der Waals surface area (Å²) < 4.78 is 31.3. The van der Waals surface area contributed by atoms with Crippen LogP contribution in [-0.2, 0) is 28.6 Å². The van der Waals surface area contributed by atoms with Crippen molar-refractivity contribution in [1.29, 1.82) is 0 Å². The number of aromatic nitrogens is 2. The number of pyridine rings is 1. The summed E-state index contributed by atoms with van der Waals surface area (Å²) in [5, 5.41) is 49.3. The maximum absolute atomic E-state index is 13.9. The fraction of sp³-hybridized carbons (Fsp3) is 0.442. The normalized spacial score (nSPS) is 30.6. The summed E-state index contributed by atoms with van der Waals surface area (Å²) in [6.07, 6.45) is 5.42. The van der Waals surface area contributed by atoms with Gasteiger partial charge in [-0.05, 0) is 44.5 Å². The number of hydrogen-bond donors (Lipinski definition) is 5. The molecular weight excluding hydrogens is 750 g/mol. The van der Waals surface area contributed by atoms with E-state index in [2.05, 4.69) is 5.32 Å². The fourth-order valence-corrected chi connectivity index (χ4v) is 7.81. The van der Waals surface area contributed by atoms with Gasteiger partial charge in [-0.3, -0.25) is 14.0 Å². The van der Waals surface area contributed by atoms with Crippen LogP contribution in [0.3, 0.4) is 0 Å². The molecule has 15 nitrogen and oxygen atoms in total. The van der Waals surface area contributed by atoms with E-state index in [1.54, 1.807) is 69.5 Å². The Labute approximate surface area is 335 Å². The van der Waals surface area contributed by atoms with Gasteiger partial charge in [0, 0.05) is 62.0 Å². The lowest BCUT2D eigenvalue weighted by Crippen LogP contribution is -2.49. The van der Waals surface area contributed by atoms with Crippen molar-refractivity contribution in [3.05, 3.63) is 65.6 Å². The Morgan fingerprint density at radius 1 is 0.966 bits per heavy atom. The number of benzene rings is 2. The lowest BCUT2D eigenvalue weighted by atomic mass is 9.78. The summed E-state index contributed by atoms with van der Waals surface area (Å²) in [4.78, 5) is 44.8. The van der Waals surface area contributed by atoms with E-state index < -0.39 is 83.2 Å². The third kappa shape index (κ3) is 7.33. The highest BCUT2D eigenvalue weighted by Gasteiger charge is 2.47. The van der Waals surface area contributed by atoms with E-state index in [9.17, 15) is 34.8 Å². The minimum absolute atomic E-state index is 0.0535. The molecule has 0 fully saturated rings. The molecule has 0 aliphatic carbocycles. The first-order valence-electron chi connectivity index (χ1n) is 19.1. The van der Waals surface area contributed by atoms with E-state index in [-0.39, 0.29) is 50.1 Å². The van der Waals surface area contributed by atoms with Crippen LogP contribution < -0.4 is 14.8 Å². The van der Waals surface area contributed by atoms with Crippen molar-refractivity contribution < 1.29 is 58.5 Å². The lowest BCUT2D eigenvalue weighted by Gasteiger charge is -2.38. The molecule has 3 aliphatic rings. The van der Waals surface area contributed by atoms with Crippen molar-refractivity contribution in [2.24, 2.45) is 23.7 Å². The second-order valence-corrected chi connectivity index (χ2v) is 15.6. The number of carbonyl (C=O) groups excluding carboxylic acids is 3. The first-order chi connectivity index (χ1) is 27.3. The number of amides is 1. The van der Waals surface area contributed by atoms with Crippen LogP contribution in [0.4, 0.5) is 5.69 Å². The summed E-state index contributed by atoms with van der Waals surface area (Å²) in [6.45, 7) is 14.5. The first-order valence-corrected chi connectivity index (χ1v) is 19.1. The number of methoxy groups -OCH3 is 1. The molecule has 1 amide bonds. The standard InChI is InChI=1S/C43H51N3O12/c1-19-14-16-46-28(18-19)44-31-29-30-36(50)25(7)39-40(29)57-42(53)43(9,58-39)55-17-15-27(54-10)22(4)38(56-26(8)47)24(6)35(49)23(5)34(48)20(2)12-11-13-21(3)41(52)45-32(33(31)46)37(30)51/h11-18,20,22-24,27,34-35,38,48-51H,1-10H3,(H,45,52)/b12-11+,17-15+,21-13-/t20-,22+,23+,24+,27-,34-,35+,38+,43-/m0/s1. The minimum Gasteiger partial charge on any atom is -0.507 e. The Balaban J connectivity index is 1.56. The summed E-state index contributed by atoms with van der Waals surface area (Å²) in [5.74, 6) is -7.79. The number of aryl methyl sites for hydroxylation is 1. The second-order valence-electron chi connectivity index (χ2n) is 15.6. The maximum Gasteiger partial charge on any atom is 0.398 e. The van der Waals surface area contributed by atoms with Gasteiger partial charge in [-0.2, -0.15) is 0 Å². The highest BCUT2D eigenvalue weighted by molar-refractivity contribution is 6.23. The number of aromatic hydroxyl groups is 2. The summed E-state index contributed by atoms with van der Waals surface area (Å²) in [5.41, 5.74) is 2.01. The Kier molecular flexibility index (Phi) is 11.5. The van der Waals surface area contributed by atoms with Crippen molar-refractivity contribution in [3.8, 4) is 23.0 Å². The number of ether oxygens (including phenoxy) is 5. The number of esters is 2. The molecule has 5 heterocycles. The van der Waals surface area contributed by atoms with Gasteiger partial charge in [0.1, 0.15) is 34.2 Å². The average molecular weight is 802 g/mol. The Morgan fingerprint density at radius 3 is 2.34 bits per heavy atom. The zero-order valence-corrected chi connectivity index (χ0v) is 34.2. The number of carbonyl (C=O) groups is 3.